The summed E-state index contributed by atoms with van der Waals surface area (Å²) in [6, 6.07) is 0. The van der Waals surface area contributed by atoms with Crippen LogP contribution >= 0.6 is 0 Å². The second kappa shape index (κ2) is 23.3. The van der Waals surface area contributed by atoms with Gasteiger partial charge in [0.1, 0.15) is 0 Å². The number of carbonyl (C=O) groups is 4. The number of carbonyl (C=O) groups excluding carboxylic acids is 4. The van der Waals surface area contributed by atoms with Gasteiger partial charge >= 0.3 is 51.4 Å². The predicted molar refractivity (Wildman–Crippen MR) is 127 cm³/mol. The Morgan fingerprint density at radius 3 is 0.576 bits per heavy atom. The average Bonchev–Trinajstić information content (AvgIpc) is 2.91. The summed E-state index contributed by atoms with van der Waals surface area (Å²) in [6.45, 7) is 7.81. The molecule has 0 N–H and O–H groups in total. The van der Waals surface area contributed by atoms with E-state index in [1.807, 2.05) is 19.6 Å². The zero-order valence-corrected chi connectivity index (χ0v) is 24.0. The van der Waals surface area contributed by atoms with Crippen LogP contribution in [0.1, 0.15) is 78.5 Å². The third-order valence-corrected chi connectivity index (χ3v) is 6.16. The Morgan fingerprint density at radius 1 is 0.333 bits per heavy atom. The summed E-state index contributed by atoms with van der Waals surface area (Å²) < 4.78 is 0. The molecule has 33 heavy (non-hydrogen) atoms. The number of amides is 4. The SMILES string of the molecule is O=CN1CCCCC1.O=CN1CCCCC1.O=CN1CCCCC1.O=CN1CCCCC1.[H-].[K+]. The van der Waals surface area contributed by atoms with Gasteiger partial charge in [-0.25, -0.2) is 0 Å². The van der Waals surface area contributed by atoms with E-state index in [1.165, 1.54) is 77.0 Å². The van der Waals surface area contributed by atoms with Gasteiger partial charge in [-0.05, 0) is 77.0 Å². The van der Waals surface area contributed by atoms with Crippen LogP contribution < -0.4 is 51.4 Å². The van der Waals surface area contributed by atoms with E-state index in [2.05, 4.69) is 0 Å². The molecule has 0 unspecified atom stereocenters. The van der Waals surface area contributed by atoms with Gasteiger partial charge in [-0.2, -0.15) is 0 Å². The summed E-state index contributed by atoms with van der Waals surface area (Å²) in [4.78, 5) is 47.7. The first kappa shape index (κ1) is 32.5. The Balaban J connectivity index is 0. The summed E-state index contributed by atoms with van der Waals surface area (Å²) in [7, 11) is 0. The fraction of sp³-hybridized carbons (Fsp3) is 0.833. The molecule has 8 nitrogen and oxygen atoms in total. The Kier molecular flexibility index (Phi) is 22.9. The minimum atomic E-state index is 0. The van der Waals surface area contributed by atoms with Gasteiger partial charge in [0.15, 0.2) is 0 Å². The second-order valence-corrected chi connectivity index (χ2v) is 8.81. The van der Waals surface area contributed by atoms with Crippen LogP contribution in [0.3, 0.4) is 0 Å². The van der Waals surface area contributed by atoms with E-state index in [9.17, 15) is 19.2 Å². The van der Waals surface area contributed by atoms with Crippen molar-refractivity contribution < 1.29 is 72.0 Å². The topological polar surface area (TPSA) is 81.2 Å². The molecule has 9 heteroatoms. The van der Waals surface area contributed by atoms with Crippen LogP contribution in [0.4, 0.5) is 0 Å². The minimum absolute atomic E-state index is 0. The molecule has 0 aliphatic carbocycles. The molecular weight excluding hydrogens is 447 g/mol. The van der Waals surface area contributed by atoms with E-state index in [0.717, 1.165) is 78.0 Å². The van der Waals surface area contributed by atoms with Crippen LogP contribution in [-0.2, 0) is 19.2 Å². The molecule has 0 spiro atoms. The van der Waals surface area contributed by atoms with Crippen molar-refractivity contribution in [1.82, 2.24) is 19.6 Å². The molecule has 0 aromatic carbocycles. The fourth-order valence-corrected chi connectivity index (χ4v) is 4.10. The van der Waals surface area contributed by atoms with Gasteiger partial charge in [0.25, 0.3) is 0 Å². The average molecular weight is 493 g/mol. The summed E-state index contributed by atoms with van der Waals surface area (Å²) in [5.41, 5.74) is 0. The summed E-state index contributed by atoms with van der Waals surface area (Å²) in [5, 5.41) is 0. The van der Waals surface area contributed by atoms with Crippen molar-refractivity contribution in [2.75, 3.05) is 52.4 Å². The Morgan fingerprint density at radius 2 is 0.485 bits per heavy atom. The van der Waals surface area contributed by atoms with Crippen molar-refractivity contribution in [3.05, 3.63) is 0 Å². The summed E-state index contributed by atoms with van der Waals surface area (Å²) in [6.07, 6.45) is 18.5. The Hall–Kier alpha value is -0.484. The molecule has 4 rings (SSSR count). The maximum Gasteiger partial charge on any atom is 1.00 e. The van der Waals surface area contributed by atoms with Crippen molar-refractivity contribution in [1.29, 1.82) is 0 Å². The van der Waals surface area contributed by atoms with E-state index in [4.69, 9.17) is 0 Å². The molecule has 0 bridgehead atoms. The Bertz CT molecular complexity index is 407. The number of hydrogen-bond donors (Lipinski definition) is 0. The maximum atomic E-state index is 10.1. The molecule has 4 fully saturated rings. The van der Waals surface area contributed by atoms with Crippen LogP contribution in [0.15, 0.2) is 0 Å². The van der Waals surface area contributed by atoms with Gasteiger partial charge in [0.2, 0.25) is 25.6 Å². The summed E-state index contributed by atoms with van der Waals surface area (Å²) >= 11 is 0. The number of piperidine rings is 4. The number of likely N-dealkylation sites (tertiary alicyclic amines) is 4. The molecule has 4 aliphatic rings. The van der Waals surface area contributed by atoms with Crippen LogP contribution in [-0.4, -0.2) is 97.6 Å². The summed E-state index contributed by atoms with van der Waals surface area (Å²) in [5.74, 6) is 0. The molecule has 0 radical (unpaired) electrons. The van der Waals surface area contributed by atoms with Crippen LogP contribution in [0, 0.1) is 0 Å². The van der Waals surface area contributed by atoms with Crippen LogP contribution in [0.25, 0.3) is 0 Å². The van der Waals surface area contributed by atoms with E-state index >= 15 is 0 Å². The van der Waals surface area contributed by atoms with Crippen molar-refractivity contribution in [2.45, 2.75) is 77.0 Å². The van der Waals surface area contributed by atoms with Crippen molar-refractivity contribution in [2.24, 2.45) is 0 Å². The monoisotopic (exact) mass is 492 g/mol. The predicted octanol–water partition coefficient (Wildman–Crippen LogP) is -0.369. The normalized spacial score (nSPS) is 20.1. The van der Waals surface area contributed by atoms with E-state index in [0.29, 0.717) is 0 Å². The van der Waals surface area contributed by atoms with Gasteiger partial charge in [-0.3, -0.25) is 19.2 Å². The molecule has 4 aliphatic heterocycles. The third-order valence-electron chi connectivity index (χ3n) is 6.16. The van der Waals surface area contributed by atoms with Gasteiger partial charge < -0.3 is 21.0 Å². The quantitative estimate of drug-likeness (QED) is 0.396. The van der Waals surface area contributed by atoms with Gasteiger partial charge in [0, 0.05) is 52.4 Å². The first-order chi connectivity index (χ1) is 15.7. The minimum Gasteiger partial charge on any atom is -1.00 e. The molecule has 0 aromatic heterocycles. The van der Waals surface area contributed by atoms with Gasteiger partial charge in [0.05, 0.1) is 0 Å². The van der Waals surface area contributed by atoms with Crippen molar-refractivity contribution >= 4 is 25.6 Å². The molecular formula is C24H45KN4O4. The molecule has 0 saturated carbocycles. The van der Waals surface area contributed by atoms with E-state index in [1.54, 1.807) is 0 Å². The number of hydrogen-bond acceptors (Lipinski definition) is 4. The molecule has 0 aromatic rings. The van der Waals surface area contributed by atoms with E-state index < -0.39 is 0 Å². The number of nitrogens with zero attached hydrogens (tertiary/aromatic N) is 4. The third kappa shape index (κ3) is 17.6. The molecule has 4 saturated heterocycles. The molecule has 4 heterocycles. The smallest absolute Gasteiger partial charge is 1.00 e. The van der Waals surface area contributed by atoms with Crippen molar-refractivity contribution in [3.8, 4) is 0 Å². The largest absolute Gasteiger partial charge is 1.00 e. The van der Waals surface area contributed by atoms with Gasteiger partial charge in [-0.15, -0.1) is 0 Å². The van der Waals surface area contributed by atoms with Crippen molar-refractivity contribution in [3.63, 3.8) is 0 Å². The zero-order chi connectivity index (χ0) is 23.3. The second-order valence-electron chi connectivity index (χ2n) is 8.81. The first-order valence-corrected chi connectivity index (χ1v) is 12.5. The maximum absolute atomic E-state index is 10.1. The van der Waals surface area contributed by atoms with Crippen LogP contribution in [0.5, 0.6) is 0 Å². The zero-order valence-electron chi connectivity index (χ0n) is 21.9. The number of rotatable bonds is 4. The molecule has 4 amide bonds. The first-order valence-electron chi connectivity index (χ1n) is 12.5. The van der Waals surface area contributed by atoms with Crippen LogP contribution in [0.2, 0.25) is 0 Å². The van der Waals surface area contributed by atoms with Gasteiger partial charge in [-0.1, -0.05) is 0 Å². The fourth-order valence-electron chi connectivity index (χ4n) is 4.10. The molecule has 0 atom stereocenters. The van der Waals surface area contributed by atoms with E-state index in [-0.39, 0.29) is 52.8 Å². The standard InChI is InChI=1S/4C6H11NO.K.H/c4*8-6-7-4-2-1-3-5-7;;/h4*6H,1-5H2;;/q;;;;+1;-1. The Labute approximate surface area is 244 Å². The molecule has 186 valence electrons.